The fourth-order valence-corrected chi connectivity index (χ4v) is 4.81. The first-order valence-electron chi connectivity index (χ1n) is 11.2. The molecule has 0 radical (unpaired) electrons. The lowest BCUT2D eigenvalue weighted by molar-refractivity contribution is -0.123. The number of piperidine rings is 1. The van der Waals surface area contributed by atoms with Crippen LogP contribution < -0.4 is 4.90 Å². The predicted molar refractivity (Wildman–Crippen MR) is 114 cm³/mol. The smallest absolute Gasteiger partial charge is 0.255 e. The summed E-state index contributed by atoms with van der Waals surface area (Å²) < 4.78 is 1.94. The van der Waals surface area contributed by atoms with Crippen LogP contribution in [0.5, 0.6) is 0 Å². The summed E-state index contributed by atoms with van der Waals surface area (Å²) in [5.41, 5.74) is 2.36. The van der Waals surface area contributed by atoms with Gasteiger partial charge in [0, 0.05) is 32.3 Å². The number of fused-ring (bicyclic) bond motifs is 1. The van der Waals surface area contributed by atoms with Gasteiger partial charge in [-0.25, -0.2) is 4.98 Å². The van der Waals surface area contributed by atoms with Crippen LogP contribution in [0.25, 0.3) is 5.65 Å². The Morgan fingerprint density at radius 2 is 1.76 bits per heavy atom. The molecule has 29 heavy (non-hydrogen) atoms. The number of amides is 2. The van der Waals surface area contributed by atoms with Gasteiger partial charge in [0.25, 0.3) is 5.91 Å². The normalized spacial score (nSPS) is 18.2. The summed E-state index contributed by atoms with van der Waals surface area (Å²) in [5.74, 6) is 1.16. The van der Waals surface area contributed by atoms with Gasteiger partial charge >= 0.3 is 0 Å². The monoisotopic (exact) mass is 396 g/mol. The summed E-state index contributed by atoms with van der Waals surface area (Å²) in [6.07, 6.45) is 11.4. The number of likely N-dealkylation sites (tertiary alicyclic amines) is 1. The highest BCUT2D eigenvalue weighted by molar-refractivity contribution is 5.96. The highest BCUT2D eigenvalue weighted by Gasteiger charge is 2.28. The van der Waals surface area contributed by atoms with Gasteiger partial charge in [0.2, 0.25) is 5.91 Å². The third-order valence-electron chi connectivity index (χ3n) is 6.49. The maximum Gasteiger partial charge on any atom is 0.255 e. The zero-order chi connectivity index (χ0) is 20.4. The molecule has 2 aromatic rings. The van der Waals surface area contributed by atoms with Crippen LogP contribution >= 0.6 is 0 Å². The number of aryl methyl sites for hydroxylation is 1. The second-order valence-electron chi connectivity index (χ2n) is 8.47. The lowest BCUT2D eigenvalue weighted by Gasteiger charge is -2.27. The van der Waals surface area contributed by atoms with E-state index in [9.17, 15) is 9.59 Å². The molecule has 0 bridgehead atoms. The van der Waals surface area contributed by atoms with E-state index in [4.69, 9.17) is 4.98 Å². The average molecular weight is 397 g/mol. The number of carbonyl (C=O) groups excluding carboxylic acids is 2. The molecule has 6 nitrogen and oxygen atoms in total. The number of imidazole rings is 1. The molecule has 1 aliphatic carbocycles. The molecule has 0 unspecified atom stereocenters. The van der Waals surface area contributed by atoms with Crippen LogP contribution in [0, 0.1) is 5.92 Å². The van der Waals surface area contributed by atoms with Crippen LogP contribution in [0.15, 0.2) is 18.3 Å². The molecule has 2 amide bonds. The van der Waals surface area contributed by atoms with Crippen LogP contribution in [-0.2, 0) is 11.2 Å². The van der Waals surface area contributed by atoms with E-state index in [1.807, 2.05) is 34.7 Å². The van der Waals surface area contributed by atoms with Gasteiger partial charge in [0.05, 0.1) is 11.3 Å². The molecule has 1 saturated carbocycles. The molecule has 0 N–H and O–H groups in total. The van der Waals surface area contributed by atoms with Crippen molar-refractivity contribution in [1.82, 2.24) is 14.3 Å². The molecular formula is C23H32N4O2. The SMILES string of the molecule is CCc1nc2ccc(C(=O)N3CCCCC3)cn2c1N(C)C(=O)C1CCCCC1. The van der Waals surface area contributed by atoms with Crippen LogP contribution in [0.3, 0.4) is 0 Å². The van der Waals surface area contributed by atoms with E-state index in [1.54, 1.807) is 4.90 Å². The molecule has 2 aliphatic rings. The first-order chi connectivity index (χ1) is 14.1. The molecule has 156 valence electrons. The number of nitrogens with zero attached hydrogens (tertiary/aromatic N) is 4. The number of aromatic nitrogens is 2. The summed E-state index contributed by atoms with van der Waals surface area (Å²) in [4.78, 5) is 34.6. The minimum atomic E-state index is 0.0746. The number of pyridine rings is 1. The second-order valence-corrected chi connectivity index (χ2v) is 8.47. The maximum atomic E-state index is 13.2. The number of rotatable bonds is 4. The van der Waals surface area contributed by atoms with E-state index in [1.165, 1.54) is 12.8 Å². The van der Waals surface area contributed by atoms with E-state index < -0.39 is 0 Å². The van der Waals surface area contributed by atoms with Gasteiger partial charge in [-0.1, -0.05) is 26.2 Å². The first kappa shape index (κ1) is 19.9. The molecular weight excluding hydrogens is 364 g/mol. The quantitative estimate of drug-likeness (QED) is 0.783. The molecule has 0 spiro atoms. The second kappa shape index (κ2) is 8.56. The van der Waals surface area contributed by atoms with Crippen molar-refractivity contribution in [1.29, 1.82) is 0 Å². The van der Waals surface area contributed by atoms with Crippen molar-refractivity contribution in [2.24, 2.45) is 5.92 Å². The van der Waals surface area contributed by atoms with E-state index in [-0.39, 0.29) is 17.7 Å². The molecule has 1 saturated heterocycles. The highest BCUT2D eigenvalue weighted by atomic mass is 16.2. The van der Waals surface area contributed by atoms with Crippen LogP contribution in [0.4, 0.5) is 5.82 Å². The molecule has 6 heteroatoms. The standard InChI is InChI=1S/C23H32N4O2/c1-3-19-21(25(2)22(28)17-10-6-4-7-11-17)27-16-18(12-13-20(27)24-19)23(29)26-14-8-5-9-15-26/h12-13,16-17H,3-11,14-15H2,1-2H3. The average Bonchev–Trinajstić information content (AvgIpc) is 3.16. The number of hydrogen-bond donors (Lipinski definition) is 0. The van der Waals surface area contributed by atoms with Crippen LogP contribution in [0.2, 0.25) is 0 Å². The summed E-state index contributed by atoms with van der Waals surface area (Å²) in [6, 6.07) is 3.77. The molecule has 1 aliphatic heterocycles. The molecule has 0 atom stereocenters. The summed E-state index contributed by atoms with van der Waals surface area (Å²) in [7, 11) is 1.86. The first-order valence-corrected chi connectivity index (χ1v) is 11.2. The van der Waals surface area contributed by atoms with Crippen molar-refractivity contribution in [3.8, 4) is 0 Å². The molecule has 2 aromatic heterocycles. The van der Waals surface area contributed by atoms with Gasteiger partial charge in [0.1, 0.15) is 11.5 Å². The molecule has 4 rings (SSSR count). The van der Waals surface area contributed by atoms with E-state index in [0.29, 0.717) is 5.56 Å². The van der Waals surface area contributed by atoms with Crippen molar-refractivity contribution in [3.63, 3.8) is 0 Å². The van der Waals surface area contributed by atoms with E-state index >= 15 is 0 Å². The van der Waals surface area contributed by atoms with Gasteiger partial charge in [0.15, 0.2) is 0 Å². The Labute approximate surface area is 172 Å². The number of hydrogen-bond acceptors (Lipinski definition) is 3. The van der Waals surface area contributed by atoms with Gasteiger partial charge in [-0.2, -0.15) is 0 Å². The van der Waals surface area contributed by atoms with E-state index in [2.05, 4.69) is 6.92 Å². The van der Waals surface area contributed by atoms with Crippen LogP contribution in [-0.4, -0.2) is 46.2 Å². The van der Waals surface area contributed by atoms with Crippen molar-refractivity contribution in [3.05, 3.63) is 29.6 Å². The van der Waals surface area contributed by atoms with Gasteiger partial charge in [-0.3, -0.25) is 18.9 Å². The van der Waals surface area contributed by atoms with Crippen molar-refractivity contribution in [2.75, 3.05) is 25.0 Å². The van der Waals surface area contributed by atoms with Gasteiger partial charge < -0.3 is 4.90 Å². The van der Waals surface area contributed by atoms with Gasteiger partial charge in [-0.05, 0) is 50.7 Å². The number of anilines is 1. The molecule has 0 aromatic carbocycles. The minimum Gasteiger partial charge on any atom is -0.339 e. The zero-order valence-electron chi connectivity index (χ0n) is 17.7. The Morgan fingerprint density at radius 1 is 1.07 bits per heavy atom. The maximum absolute atomic E-state index is 13.2. The number of carbonyl (C=O) groups is 2. The van der Waals surface area contributed by atoms with Crippen molar-refractivity contribution < 1.29 is 9.59 Å². The van der Waals surface area contributed by atoms with Gasteiger partial charge in [-0.15, -0.1) is 0 Å². The largest absolute Gasteiger partial charge is 0.339 e. The fraction of sp³-hybridized carbons (Fsp3) is 0.609. The molecule has 3 heterocycles. The Morgan fingerprint density at radius 3 is 2.45 bits per heavy atom. The Bertz CT molecular complexity index is 892. The minimum absolute atomic E-state index is 0.0746. The molecule has 2 fully saturated rings. The summed E-state index contributed by atoms with van der Waals surface area (Å²) in [5, 5.41) is 0. The Hall–Kier alpha value is -2.37. The fourth-order valence-electron chi connectivity index (χ4n) is 4.81. The lowest BCUT2D eigenvalue weighted by Crippen LogP contribution is -2.36. The predicted octanol–water partition coefficient (Wildman–Crippen LogP) is 4.07. The Balaban J connectivity index is 1.68. The third-order valence-corrected chi connectivity index (χ3v) is 6.49. The highest BCUT2D eigenvalue weighted by Crippen LogP contribution is 2.29. The third kappa shape index (κ3) is 3.89. The van der Waals surface area contributed by atoms with Crippen molar-refractivity contribution in [2.45, 2.75) is 64.7 Å². The lowest BCUT2D eigenvalue weighted by atomic mass is 9.88. The summed E-state index contributed by atoms with van der Waals surface area (Å²) in [6.45, 7) is 3.71. The Kier molecular flexibility index (Phi) is 5.88. The van der Waals surface area contributed by atoms with Crippen LogP contribution in [0.1, 0.15) is 74.3 Å². The zero-order valence-corrected chi connectivity index (χ0v) is 17.7. The topological polar surface area (TPSA) is 57.9 Å². The van der Waals surface area contributed by atoms with Crippen molar-refractivity contribution >= 4 is 23.3 Å². The van der Waals surface area contributed by atoms with E-state index in [0.717, 1.165) is 75.2 Å². The summed E-state index contributed by atoms with van der Waals surface area (Å²) >= 11 is 0.